The lowest BCUT2D eigenvalue weighted by molar-refractivity contribution is 0.126. The second kappa shape index (κ2) is 7.27. The van der Waals surface area contributed by atoms with Crippen LogP contribution in [0.2, 0.25) is 0 Å². The summed E-state index contributed by atoms with van der Waals surface area (Å²) in [6.45, 7) is 9.09. The number of carbonyl (C=O) groups excluding carboxylic acids is 1. The highest BCUT2D eigenvalue weighted by atomic mass is 16.3. The van der Waals surface area contributed by atoms with E-state index in [0.29, 0.717) is 5.92 Å². The van der Waals surface area contributed by atoms with E-state index in [4.69, 9.17) is 5.11 Å². The standard InChI is InChI=1S/C15H31N3O2/c1-12(15(2,3)11-17(4)5)16-14(20)18-8-6-13(10-19)7-9-18/h12-13,19H,6-11H2,1-5H3,(H,16,20)/t12-/m0/s1. The Balaban J connectivity index is 2.45. The molecule has 0 aromatic rings. The third-order valence-electron chi connectivity index (χ3n) is 4.40. The Morgan fingerprint density at radius 1 is 1.40 bits per heavy atom. The van der Waals surface area contributed by atoms with Crippen LogP contribution in [0.1, 0.15) is 33.6 Å². The topological polar surface area (TPSA) is 55.8 Å². The Morgan fingerprint density at radius 2 is 1.95 bits per heavy atom. The molecule has 1 heterocycles. The Morgan fingerprint density at radius 3 is 2.40 bits per heavy atom. The van der Waals surface area contributed by atoms with E-state index in [2.05, 4.69) is 45.1 Å². The summed E-state index contributed by atoms with van der Waals surface area (Å²) < 4.78 is 0. The molecule has 1 aliphatic heterocycles. The van der Waals surface area contributed by atoms with Gasteiger partial charge in [0.05, 0.1) is 0 Å². The fourth-order valence-corrected chi connectivity index (χ4v) is 2.74. The predicted octanol–water partition coefficient (Wildman–Crippen LogP) is 1.38. The lowest BCUT2D eigenvalue weighted by Crippen LogP contribution is -2.53. The summed E-state index contributed by atoms with van der Waals surface area (Å²) in [5, 5.41) is 12.3. The summed E-state index contributed by atoms with van der Waals surface area (Å²) >= 11 is 0. The molecular formula is C15H31N3O2. The molecule has 5 heteroatoms. The summed E-state index contributed by atoms with van der Waals surface area (Å²) in [6.07, 6.45) is 1.80. The van der Waals surface area contributed by atoms with Gasteiger partial charge in [-0.05, 0) is 45.2 Å². The van der Waals surface area contributed by atoms with E-state index in [1.54, 1.807) is 0 Å². The van der Waals surface area contributed by atoms with Crippen molar-refractivity contribution < 1.29 is 9.90 Å². The SMILES string of the molecule is C[C@H](NC(=O)N1CCC(CO)CC1)C(C)(C)CN(C)C. The number of urea groups is 1. The molecule has 1 saturated heterocycles. The van der Waals surface area contributed by atoms with Crippen LogP contribution in [-0.2, 0) is 0 Å². The minimum absolute atomic E-state index is 0.0284. The first-order chi connectivity index (χ1) is 9.26. The molecule has 118 valence electrons. The second-order valence-corrected chi connectivity index (χ2v) is 7.01. The van der Waals surface area contributed by atoms with Crippen molar-refractivity contribution in [1.29, 1.82) is 0 Å². The fourth-order valence-electron chi connectivity index (χ4n) is 2.74. The molecule has 0 aromatic carbocycles. The summed E-state index contributed by atoms with van der Waals surface area (Å²) in [5.74, 6) is 0.363. The van der Waals surface area contributed by atoms with Crippen molar-refractivity contribution in [2.45, 2.75) is 39.7 Å². The summed E-state index contributed by atoms with van der Waals surface area (Å²) in [5.41, 5.74) is 0.0303. The number of amides is 2. The second-order valence-electron chi connectivity index (χ2n) is 7.01. The highest BCUT2D eigenvalue weighted by Gasteiger charge is 2.30. The molecule has 1 rings (SSSR count). The number of aliphatic hydroxyl groups excluding tert-OH is 1. The molecule has 0 unspecified atom stereocenters. The van der Waals surface area contributed by atoms with E-state index in [1.165, 1.54) is 0 Å². The van der Waals surface area contributed by atoms with Crippen LogP contribution in [0.4, 0.5) is 4.79 Å². The van der Waals surface area contributed by atoms with Gasteiger partial charge in [-0.15, -0.1) is 0 Å². The maximum absolute atomic E-state index is 12.3. The lowest BCUT2D eigenvalue weighted by atomic mass is 9.85. The number of nitrogens with zero attached hydrogens (tertiary/aromatic N) is 2. The molecule has 0 saturated carbocycles. The van der Waals surface area contributed by atoms with E-state index >= 15 is 0 Å². The maximum atomic E-state index is 12.3. The average molecular weight is 285 g/mol. The zero-order chi connectivity index (χ0) is 15.3. The predicted molar refractivity (Wildman–Crippen MR) is 81.7 cm³/mol. The zero-order valence-electron chi connectivity index (χ0n) is 13.6. The van der Waals surface area contributed by atoms with Gasteiger partial charge in [0.2, 0.25) is 0 Å². The largest absolute Gasteiger partial charge is 0.396 e. The van der Waals surface area contributed by atoms with Crippen molar-refractivity contribution >= 4 is 6.03 Å². The monoisotopic (exact) mass is 285 g/mol. The van der Waals surface area contributed by atoms with Gasteiger partial charge >= 0.3 is 6.03 Å². The van der Waals surface area contributed by atoms with Gasteiger partial charge in [0.15, 0.2) is 0 Å². The van der Waals surface area contributed by atoms with Gasteiger partial charge in [0.1, 0.15) is 0 Å². The van der Waals surface area contributed by atoms with Crippen molar-refractivity contribution in [3.63, 3.8) is 0 Å². The third kappa shape index (κ3) is 4.94. The van der Waals surface area contributed by atoms with Crippen molar-refractivity contribution in [3.05, 3.63) is 0 Å². The van der Waals surface area contributed by atoms with Crippen LogP contribution in [0.5, 0.6) is 0 Å². The Kier molecular flexibility index (Phi) is 6.27. The Bertz CT molecular complexity index is 310. The van der Waals surface area contributed by atoms with Crippen LogP contribution in [0.3, 0.4) is 0 Å². The molecule has 0 radical (unpaired) electrons. The minimum atomic E-state index is 0.0284. The van der Waals surface area contributed by atoms with Crippen LogP contribution in [0.25, 0.3) is 0 Å². The first kappa shape index (κ1) is 17.2. The smallest absolute Gasteiger partial charge is 0.317 e. The summed E-state index contributed by atoms with van der Waals surface area (Å²) in [4.78, 5) is 16.3. The van der Waals surface area contributed by atoms with Crippen LogP contribution in [0, 0.1) is 11.3 Å². The number of piperidine rings is 1. The number of hydrogen-bond acceptors (Lipinski definition) is 3. The first-order valence-corrected chi connectivity index (χ1v) is 7.57. The van der Waals surface area contributed by atoms with Gasteiger partial charge in [0.25, 0.3) is 0 Å². The third-order valence-corrected chi connectivity index (χ3v) is 4.40. The number of nitrogens with one attached hydrogen (secondary N) is 1. The van der Waals surface area contributed by atoms with Gasteiger partial charge in [-0.3, -0.25) is 0 Å². The van der Waals surface area contributed by atoms with E-state index in [9.17, 15) is 4.79 Å². The molecule has 1 aliphatic rings. The molecular weight excluding hydrogens is 254 g/mol. The van der Waals surface area contributed by atoms with E-state index in [0.717, 1.165) is 32.5 Å². The molecule has 1 fully saturated rings. The molecule has 5 nitrogen and oxygen atoms in total. The van der Waals surface area contributed by atoms with Gasteiger partial charge < -0.3 is 20.2 Å². The Labute approximate surface area is 123 Å². The van der Waals surface area contributed by atoms with Crippen molar-refractivity contribution in [1.82, 2.24) is 15.1 Å². The van der Waals surface area contributed by atoms with Crippen LogP contribution in [0.15, 0.2) is 0 Å². The lowest BCUT2D eigenvalue weighted by Gasteiger charge is -2.37. The van der Waals surface area contributed by atoms with E-state index in [1.807, 2.05) is 4.90 Å². The van der Waals surface area contributed by atoms with Crippen molar-refractivity contribution in [2.75, 3.05) is 40.3 Å². The summed E-state index contributed by atoms with van der Waals surface area (Å²) in [6, 6.07) is 0.147. The summed E-state index contributed by atoms with van der Waals surface area (Å²) in [7, 11) is 4.10. The van der Waals surface area contributed by atoms with E-state index < -0.39 is 0 Å². The number of likely N-dealkylation sites (tertiary alicyclic amines) is 1. The van der Waals surface area contributed by atoms with Crippen LogP contribution < -0.4 is 5.32 Å². The molecule has 0 aromatic heterocycles. The molecule has 1 atom stereocenters. The van der Waals surface area contributed by atoms with Crippen molar-refractivity contribution in [3.8, 4) is 0 Å². The van der Waals surface area contributed by atoms with Gasteiger partial charge in [0, 0.05) is 32.3 Å². The van der Waals surface area contributed by atoms with Crippen molar-refractivity contribution in [2.24, 2.45) is 11.3 Å². The highest BCUT2D eigenvalue weighted by molar-refractivity contribution is 5.74. The maximum Gasteiger partial charge on any atom is 0.317 e. The number of aliphatic hydroxyl groups is 1. The quantitative estimate of drug-likeness (QED) is 0.802. The van der Waals surface area contributed by atoms with Crippen LogP contribution >= 0.6 is 0 Å². The van der Waals surface area contributed by atoms with Gasteiger partial charge in [-0.1, -0.05) is 13.8 Å². The fraction of sp³-hybridized carbons (Fsp3) is 0.933. The molecule has 0 bridgehead atoms. The van der Waals surface area contributed by atoms with Gasteiger partial charge in [-0.2, -0.15) is 0 Å². The average Bonchev–Trinajstić information content (AvgIpc) is 2.37. The Hall–Kier alpha value is -0.810. The molecule has 0 aliphatic carbocycles. The number of rotatable bonds is 5. The number of carbonyl (C=O) groups is 1. The highest BCUT2D eigenvalue weighted by Crippen LogP contribution is 2.22. The minimum Gasteiger partial charge on any atom is -0.396 e. The zero-order valence-corrected chi connectivity index (χ0v) is 13.6. The molecule has 0 spiro atoms. The van der Waals surface area contributed by atoms with Gasteiger partial charge in [-0.25, -0.2) is 4.79 Å². The molecule has 2 N–H and O–H groups in total. The number of hydrogen-bond donors (Lipinski definition) is 2. The normalized spacial score (nSPS) is 19.2. The van der Waals surface area contributed by atoms with E-state index in [-0.39, 0.29) is 24.1 Å². The van der Waals surface area contributed by atoms with Crippen LogP contribution in [-0.4, -0.2) is 67.3 Å². The molecule has 20 heavy (non-hydrogen) atoms. The molecule has 2 amide bonds. The first-order valence-electron chi connectivity index (χ1n) is 7.57.